The number of aromatic nitrogens is 1. The normalized spacial score (nSPS) is 11.4. The molecule has 0 unspecified atom stereocenters. The van der Waals surface area contributed by atoms with Gasteiger partial charge >= 0.3 is 0 Å². The minimum absolute atomic E-state index is 0.0123. The van der Waals surface area contributed by atoms with Gasteiger partial charge in [0.05, 0.1) is 34.3 Å². The Hall–Kier alpha value is -3.24. The topological polar surface area (TPSA) is 88.6 Å². The first kappa shape index (κ1) is 25.8. The van der Waals surface area contributed by atoms with Crippen molar-refractivity contribution in [1.29, 1.82) is 0 Å². The summed E-state index contributed by atoms with van der Waals surface area (Å²) >= 11 is 7.73. The third-order valence-corrected chi connectivity index (χ3v) is 8.20. The molecule has 3 aromatic carbocycles. The van der Waals surface area contributed by atoms with Gasteiger partial charge in [0, 0.05) is 23.2 Å². The molecule has 0 saturated heterocycles. The van der Waals surface area contributed by atoms with Gasteiger partial charge in [-0.05, 0) is 42.8 Å². The number of thiazole rings is 1. The molecule has 4 rings (SSSR count). The molecule has 1 amide bonds. The van der Waals surface area contributed by atoms with Crippen LogP contribution in [-0.4, -0.2) is 37.3 Å². The van der Waals surface area contributed by atoms with Gasteiger partial charge in [-0.15, -0.1) is 11.3 Å². The summed E-state index contributed by atoms with van der Waals surface area (Å²) in [5.41, 5.74) is 2.97. The van der Waals surface area contributed by atoms with Gasteiger partial charge in [0.1, 0.15) is 5.75 Å². The second-order valence-corrected chi connectivity index (χ2v) is 11.3. The lowest BCUT2D eigenvalue weighted by molar-refractivity contribution is -0.116. The summed E-state index contributed by atoms with van der Waals surface area (Å²) in [5, 5.41) is 5.87. The van der Waals surface area contributed by atoms with Gasteiger partial charge in [0.2, 0.25) is 15.9 Å². The average molecular weight is 542 g/mol. The zero-order valence-electron chi connectivity index (χ0n) is 19.6. The molecule has 0 spiro atoms. The minimum atomic E-state index is -4.06. The van der Waals surface area contributed by atoms with Gasteiger partial charge in [-0.25, -0.2) is 13.4 Å². The molecular weight excluding hydrogens is 518 g/mol. The zero-order valence-corrected chi connectivity index (χ0v) is 22.0. The van der Waals surface area contributed by atoms with Gasteiger partial charge < -0.3 is 10.1 Å². The lowest BCUT2D eigenvalue weighted by atomic mass is 10.1. The van der Waals surface area contributed by atoms with Crippen LogP contribution in [0.15, 0.2) is 83.1 Å². The summed E-state index contributed by atoms with van der Waals surface area (Å²) in [5.74, 6) is -0.112. The van der Waals surface area contributed by atoms with Crippen LogP contribution in [0.25, 0.3) is 11.3 Å². The molecule has 0 atom stereocenters. The van der Waals surface area contributed by atoms with E-state index in [1.807, 2.05) is 48.7 Å². The molecule has 0 bridgehead atoms. The van der Waals surface area contributed by atoms with Gasteiger partial charge in [-0.1, -0.05) is 54.1 Å². The number of nitrogens with zero attached hydrogens (tertiary/aromatic N) is 2. The molecule has 0 fully saturated rings. The molecule has 186 valence electrons. The highest BCUT2D eigenvalue weighted by Gasteiger charge is 2.28. The monoisotopic (exact) mass is 541 g/mol. The average Bonchev–Trinajstić information content (AvgIpc) is 3.30. The van der Waals surface area contributed by atoms with E-state index in [1.165, 1.54) is 25.3 Å². The Bertz CT molecular complexity index is 1470. The Kier molecular flexibility index (Phi) is 8.05. The van der Waals surface area contributed by atoms with Crippen molar-refractivity contribution in [2.24, 2.45) is 0 Å². The molecule has 36 heavy (non-hydrogen) atoms. The molecule has 0 radical (unpaired) electrons. The molecule has 10 heteroatoms. The van der Waals surface area contributed by atoms with Crippen LogP contribution in [-0.2, 0) is 21.4 Å². The van der Waals surface area contributed by atoms with Crippen LogP contribution >= 0.6 is 22.9 Å². The second-order valence-electron chi connectivity index (χ2n) is 7.94. The van der Waals surface area contributed by atoms with E-state index in [1.54, 1.807) is 29.5 Å². The Morgan fingerprint density at radius 1 is 1.08 bits per heavy atom. The van der Waals surface area contributed by atoms with Crippen molar-refractivity contribution in [2.75, 3.05) is 19.0 Å². The maximum Gasteiger partial charge on any atom is 0.243 e. The number of nitrogens with one attached hydrogen (secondary N) is 1. The van der Waals surface area contributed by atoms with Crippen molar-refractivity contribution in [2.45, 2.75) is 18.4 Å². The Morgan fingerprint density at radius 2 is 1.86 bits per heavy atom. The minimum Gasteiger partial charge on any atom is -0.495 e. The van der Waals surface area contributed by atoms with Gasteiger partial charge in [0.25, 0.3) is 0 Å². The highest BCUT2D eigenvalue weighted by atomic mass is 35.5. The number of amides is 1. The van der Waals surface area contributed by atoms with Gasteiger partial charge in [-0.2, -0.15) is 4.31 Å². The quantitative estimate of drug-likeness (QED) is 0.297. The number of hydrogen-bond donors (Lipinski definition) is 1. The first-order valence-electron chi connectivity index (χ1n) is 11.0. The predicted octanol–water partition coefficient (Wildman–Crippen LogP) is 5.61. The SMILES string of the molecule is COc1ccc(S(=O)(=O)N(CC(=O)Nc2cccc(-c3csc(C)n3)c2)Cc2ccccc2)cc1Cl. The smallest absolute Gasteiger partial charge is 0.243 e. The fraction of sp³-hybridized carbons (Fsp3) is 0.154. The molecule has 0 aliphatic heterocycles. The third kappa shape index (κ3) is 6.11. The number of halogens is 1. The fourth-order valence-electron chi connectivity index (χ4n) is 3.58. The van der Waals surface area contributed by atoms with E-state index >= 15 is 0 Å². The van der Waals surface area contributed by atoms with Crippen molar-refractivity contribution >= 4 is 44.6 Å². The standard InChI is InChI=1S/C26H24ClN3O4S2/c1-18-28-24(17-35-18)20-9-6-10-21(13-20)29-26(31)16-30(15-19-7-4-3-5-8-19)36(32,33)22-11-12-25(34-2)23(27)14-22/h3-14,17H,15-16H2,1-2H3,(H,29,31). The van der Waals surface area contributed by atoms with Crippen molar-refractivity contribution in [3.8, 4) is 17.0 Å². The van der Waals surface area contributed by atoms with Crippen molar-refractivity contribution in [3.63, 3.8) is 0 Å². The van der Waals surface area contributed by atoms with E-state index in [0.717, 1.165) is 26.1 Å². The molecule has 1 aromatic heterocycles. The summed E-state index contributed by atoms with van der Waals surface area (Å²) in [6.07, 6.45) is 0. The summed E-state index contributed by atoms with van der Waals surface area (Å²) in [6, 6.07) is 20.6. The van der Waals surface area contributed by atoms with E-state index < -0.39 is 15.9 Å². The van der Waals surface area contributed by atoms with Crippen LogP contribution in [0.3, 0.4) is 0 Å². The summed E-state index contributed by atoms with van der Waals surface area (Å²) in [7, 11) is -2.61. The summed E-state index contributed by atoms with van der Waals surface area (Å²) < 4.78 is 33.4. The van der Waals surface area contributed by atoms with Crippen LogP contribution in [0.4, 0.5) is 5.69 Å². The highest BCUT2D eigenvalue weighted by molar-refractivity contribution is 7.89. The number of sulfonamides is 1. The van der Waals surface area contributed by atoms with Crippen LogP contribution in [0, 0.1) is 6.92 Å². The van der Waals surface area contributed by atoms with Crippen LogP contribution in [0.5, 0.6) is 5.75 Å². The van der Waals surface area contributed by atoms with Crippen LogP contribution < -0.4 is 10.1 Å². The maximum absolute atomic E-state index is 13.6. The molecule has 0 aliphatic carbocycles. The van der Waals surface area contributed by atoms with E-state index in [2.05, 4.69) is 10.3 Å². The van der Waals surface area contributed by atoms with E-state index in [0.29, 0.717) is 11.4 Å². The lowest BCUT2D eigenvalue weighted by Crippen LogP contribution is -2.37. The van der Waals surface area contributed by atoms with E-state index in [9.17, 15) is 13.2 Å². The van der Waals surface area contributed by atoms with Gasteiger partial charge in [0.15, 0.2) is 0 Å². The van der Waals surface area contributed by atoms with Crippen LogP contribution in [0.2, 0.25) is 5.02 Å². The van der Waals surface area contributed by atoms with E-state index in [-0.39, 0.29) is 23.0 Å². The van der Waals surface area contributed by atoms with E-state index in [4.69, 9.17) is 16.3 Å². The first-order chi connectivity index (χ1) is 17.3. The number of hydrogen-bond acceptors (Lipinski definition) is 6. The number of rotatable bonds is 9. The molecule has 7 nitrogen and oxygen atoms in total. The molecule has 0 aliphatic rings. The predicted molar refractivity (Wildman–Crippen MR) is 143 cm³/mol. The van der Waals surface area contributed by atoms with Gasteiger partial charge in [-0.3, -0.25) is 4.79 Å². The van der Waals surface area contributed by atoms with Crippen LogP contribution in [0.1, 0.15) is 10.6 Å². The number of ether oxygens (including phenoxy) is 1. The van der Waals surface area contributed by atoms with Crippen molar-refractivity contribution in [3.05, 3.63) is 93.8 Å². The number of anilines is 1. The summed E-state index contributed by atoms with van der Waals surface area (Å²) in [6.45, 7) is 1.55. The number of benzene rings is 3. The number of carbonyl (C=O) groups excluding carboxylic acids is 1. The molecule has 4 aromatic rings. The molecule has 0 saturated carbocycles. The maximum atomic E-state index is 13.6. The largest absolute Gasteiger partial charge is 0.495 e. The number of carbonyl (C=O) groups is 1. The van der Waals surface area contributed by atoms with Crippen molar-refractivity contribution < 1.29 is 17.9 Å². The highest BCUT2D eigenvalue weighted by Crippen LogP contribution is 2.29. The Morgan fingerprint density at radius 3 is 2.53 bits per heavy atom. The Labute approximate surface area is 219 Å². The third-order valence-electron chi connectivity index (χ3n) is 5.34. The zero-order chi connectivity index (χ0) is 25.7. The Balaban J connectivity index is 1.58. The summed E-state index contributed by atoms with van der Waals surface area (Å²) in [4.78, 5) is 17.5. The second kappa shape index (κ2) is 11.2. The number of aryl methyl sites for hydroxylation is 1. The molecule has 1 heterocycles. The molecular formula is C26H24ClN3O4S2. The fourth-order valence-corrected chi connectivity index (χ4v) is 5.94. The number of methoxy groups -OCH3 is 1. The lowest BCUT2D eigenvalue weighted by Gasteiger charge is -2.22. The first-order valence-corrected chi connectivity index (χ1v) is 13.7. The molecule has 1 N–H and O–H groups in total. The van der Waals surface area contributed by atoms with Crippen molar-refractivity contribution in [1.82, 2.24) is 9.29 Å².